The van der Waals surface area contributed by atoms with Gasteiger partial charge in [0.2, 0.25) is 5.91 Å². The second-order valence-corrected chi connectivity index (χ2v) is 6.07. The Morgan fingerprint density at radius 1 is 1.26 bits per heavy atom. The van der Waals surface area contributed by atoms with Crippen LogP contribution in [0.2, 0.25) is 5.02 Å². The standard InChI is InChI=1S/C19H15ClF2N2O3/c1-26-16-5-2-11(20)8-15(16)24-18(25)6-7-19-23-10-17(27-19)13-4-3-12(21)9-14(13)22/h2-5,8-10H,6-7H2,1H3,(H,24,25). The summed E-state index contributed by atoms with van der Waals surface area (Å²) in [7, 11) is 1.49. The van der Waals surface area contributed by atoms with E-state index in [0.717, 1.165) is 12.1 Å². The third-order valence-corrected chi connectivity index (χ3v) is 3.99. The maximum Gasteiger partial charge on any atom is 0.224 e. The molecule has 0 fully saturated rings. The first kappa shape index (κ1) is 18.8. The highest BCUT2D eigenvalue weighted by atomic mass is 35.5. The van der Waals surface area contributed by atoms with Crippen molar-refractivity contribution in [1.29, 1.82) is 0 Å². The predicted octanol–water partition coefficient (Wildman–Crippen LogP) is 4.85. The lowest BCUT2D eigenvalue weighted by atomic mass is 10.2. The van der Waals surface area contributed by atoms with Gasteiger partial charge in [-0.2, -0.15) is 0 Å². The SMILES string of the molecule is COc1ccc(Cl)cc1NC(=O)CCc1ncc(-c2ccc(F)cc2F)o1. The lowest BCUT2D eigenvalue weighted by molar-refractivity contribution is -0.116. The molecule has 27 heavy (non-hydrogen) atoms. The normalized spacial score (nSPS) is 10.7. The van der Waals surface area contributed by atoms with Crippen molar-refractivity contribution >= 4 is 23.2 Å². The number of carbonyl (C=O) groups is 1. The van der Waals surface area contributed by atoms with Gasteiger partial charge in [-0.15, -0.1) is 0 Å². The lowest BCUT2D eigenvalue weighted by Crippen LogP contribution is -2.13. The van der Waals surface area contributed by atoms with Gasteiger partial charge in [0.15, 0.2) is 11.7 Å². The highest BCUT2D eigenvalue weighted by Crippen LogP contribution is 2.28. The van der Waals surface area contributed by atoms with Crippen LogP contribution in [0.3, 0.4) is 0 Å². The number of nitrogens with zero attached hydrogens (tertiary/aromatic N) is 1. The fraction of sp³-hybridized carbons (Fsp3) is 0.158. The summed E-state index contributed by atoms with van der Waals surface area (Å²) in [6, 6.07) is 8.05. The first-order valence-electron chi connectivity index (χ1n) is 8.00. The molecule has 1 aromatic heterocycles. The third-order valence-electron chi connectivity index (χ3n) is 3.75. The molecular weight excluding hydrogens is 378 g/mol. The number of nitrogens with one attached hydrogen (secondary N) is 1. The summed E-state index contributed by atoms with van der Waals surface area (Å²) in [5.74, 6) is -0.796. The minimum absolute atomic E-state index is 0.0848. The van der Waals surface area contributed by atoms with Crippen molar-refractivity contribution < 1.29 is 22.7 Å². The van der Waals surface area contributed by atoms with Gasteiger partial charge >= 0.3 is 0 Å². The summed E-state index contributed by atoms with van der Waals surface area (Å²) in [5, 5.41) is 3.17. The molecule has 0 aliphatic rings. The van der Waals surface area contributed by atoms with Crippen molar-refractivity contribution in [2.24, 2.45) is 0 Å². The molecule has 140 valence electrons. The Hall–Kier alpha value is -2.93. The molecule has 3 aromatic rings. The zero-order chi connectivity index (χ0) is 19.4. The van der Waals surface area contributed by atoms with Crippen LogP contribution in [-0.4, -0.2) is 18.0 Å². The minimum atomic E-state index is -0.747. The van der Waals surface area contributed by atoms with Crippen molar-refractivity contribution in [3.05, 3.63) is 65.1 Å². The van der Waals surface area contributed by atoms with Crippen molar-refractivity contribution in [1.82, 2.24) is 4.98 Å². The number of halogens is 3. The van der Waals surface area contributed by atoms with Gasteiger partial charge in [-0.3, -0.25) is 4.79 Å². The highest BCUT2D eigenvalue weighted by molar-refractivity contribution is 6.31. The Kier molecular flexibility index (Phi) is 5.71. The number of rotatable bonds is 6. The molecule has 5 nitrogen and oxygen atoms in total. The van der Waals surface area contributed by atoms with E-state index in [1.807, 2.05) is 0 Å². The smallest absolute Gasteiger partial charge is 0.224 e. The van der Waals surface area contributed by atoms with Gasteiger partial charge in [0.25, 0.3) is 0 Å². The van der Waals surface area contributed by atoms with Crippen molar-refractivity contribution in [2.75, 3.05) is 12.4 Å². The quantitative estimate of drug-likeness (QED) is 0.651. The van der Waals surface area contributed by atoms with E-state index in [9.17, 15) is 13.6 Å². The molecule has 1 amide bonds. The molecular formula is C19H15ClF2N2O3. The molecule has 0 saturated carbocycles. The first-order valence-corrected chi connectivity index (χ1v) is 8.37. The molecule has 0 radical (unpaired) electrons. The van der Waals surface area contributed by atoms with Gasteiger partial charge < -0.3 is 14.5 Å². The lowest BCUT2D eigenvalue weighted by Gasteiger charge is -2.10. The van der Waals surface area contributed by atoms with E-state index < -0.39 is 11.6 Å². The summed E-state index contributed by atoms with van der Waals surface area (Å²) in [6.07, 6.45) is 1.63. The summed E-state index contributed by atoms with van der Waals surface area (Å²) in [6.45, 7) is 0. The van der Waals surface area contributed by atoms with Crippen LogP contribution in [0.5, 0.6) is 5.75 Å². The number of benzene rings is 2. The Bertz CT molecular complexity index is 975. The van der Waals surface area contributed by atoms with E-state index in [0.29, 0.717) is 16.5 Å². The van der Waals surface area contributed by atoms with Gasteiger partial charge in [0, 0.05) is 23.9 Å². The Morgan fingerprint density at radius 3 is 2.81 bits per heavy atom. The molecule has 1 heterocycles. The molecule has 0 aliphatic carbocycles. The van der Waals surface area contributed by atoms with Gasteiger partial charge in [-0.25, -0.2) is 13.8 Å². The molecule has 0 saturated heterocycles. The van der Waals surface area contributed by atoms with E-state index >= 15 is 0 Å². The molecule has 2 aromatic carbocycles. The van der Waals surface area contributed by atoms with Crippen LogP contribution in [0, 0.1) is 11.6 Å². The van der Waals surface area contributed by atoms with Crippen LogP contribution in [0.4, 0.5) is 14.5 Å². The predicted molar refractivity (Wildman–Crippen MR) is 96.8 cm³/mol. The average molecular weight is 393 g/mol. The number of hydrogen-bond donors (Lipinski definition) is 1. The van der Waals surface area contributed by atoms with E-state index in [2.05, 4.69) is 10.3 Å². The monoisotopic (exact) mass is 392 g/mol. The van der Waals surface area contributed by atoms with E-state index in [-0.39, 0.29) is 36.0 Å². The number of amides is 1. The number of oxazole rings is 1. The van der Waals surface area contributed by atoms with Crippen LogP contribution in [0.15, 0.2) is 47.0 Å². The summed E-state index contributed by atoms with van der Waals surface area (Å²) >= 11 is 5.93. The van der Waals surface area contributed by atoms with Gasteiger partial charge in [-0.05, 0) is 30.3 Å². The van der Waals surface area contributed by atoms with E-state index in [1.165, 1.54) is 19.4 Å². The summed E-state index contributed by atoms with van der Waals surface area (Å²) in [5.41, 5.74) is 0.555. The van der Waals surface area contributed by atoms with Gasteiger partial charge in [-0.1, -0.05) is 11.6 Å². The number of aromatic nitrogens is 1. The van der Waals surface area contributed by atoms with Crippen LogP contribution in [-0.2, 0) is 11.2 Å². The largest absolute Gasteiger partial charge is 0.495 e. The number of hydrogen-bond acceptors (Lipinski definition) is 4. The van der Waals surface area contributed by atoms with Crippen molar-refractivity contribution in [2.45, 2.75) is 12.8 Å². The van der Waals surface area contributed by atoms with Crippen LogP contribution in [0.25, 0.3) is 11.3 Å². The third kappa shape index (κ3) is 4.62. The number of anilines is 1. The average Bonchev–Trinajstić information content (AvgIpc) is 3.09. The molecule has 0 unspecified atom stereocenters. The maximum atomic E-state index is 13.8. The first-order chi connectivity index (χ1) is 13.0. The van der Waals surface area contributed by atoms with Crippen LogP contribution >= 0.6 is 11.6 Å². The maximum absolute atomic E-state index is 13.8. The van der Waals surface area contributed by atoms with E-state index in [1.54, 1.807) is 18.2 Å². The van der Waals surface area contributed by atoms with Gasteiger partial charge in [0.05, 0.1) is 24.6 Å². The molecule has 0 atom stereocenters. The molecule has 8 heteroatoms. The number of aryl methyl sites for hydroxylation is 1. The number of ether oxygens (including phenoxy) is 1. The molecule has 3 rings (SSSR count). The zero-order valence-corrected chi connectivity index (χ0v) is 15.0. The van der Waals surface area contributed by atoms with E-state index in [4.69, 9.17) is 20.8 Å². The summed E-state index contributed by atoms with van der Waals surface area (Å²) in [4.78, 5) is 16.2. The highest BCUT2D eigenvalue weighted by Gasteiger charge is 2.14. The summed E-state index contributed by atoms with van der Waals surface area (Å²) < 4.78 is 37.4. The minimum Gasteiger partial charge on any atom is -0.495 e. The molecule has 0 bridgehead atoms. The van der Waals surface area contributed by atoms with Crippen molar-refractivity contribution in [3.63, 3.8) is 0 Å². The fourth-order valence-electron chi connectivity index (χ4n) is 2.45. The molecule has 0 spiro atoms. The fourth-order valence-corrected chi connectivity index (χ4v) is 2.62. The second-order valence-electron chi connectivity index (χ2n) is 5.64. The Labute approximate surface area is 158 Å². The number of carbonyl (C=O) groups excluding carboxylic acids is 1. The zero-order valence-electron chi connectivity index (χ0n) is 14.3. The topological polar surface area (TPSA) is 64.4 Å². The van der Waals surface area contributed by atoms with Gasteiger partial charge in [0.1, 0.15) is 17.4 Å². The Morgan fingerprint density at radius 2 is 2.07 bits per heavy atom. The second kappa shape index (κ2) is 8.18. The van der Waals surface area contributed by atoms with Crippen LogP contribution in [0.1, 0.15) is 12.3 Å². The number of methoxy groups -OCH3 is 1. The van der Waals surface area contributed by atoms with Crippen LogP contribution < -0.4 is 10.1 Å². The molecule has 0 aliphatic heterocycles. The van der Waals surface area contributed by atoms with Crippen molar-refractivity contribution in [3.8, 4) is 17.1 Å². The Balaban J connectivity index is 1.63. The molecule has 1 N–H and O–H groups in total.